The largest absolute Gasteiger partial charge is 0.497 e. The van der Waals surface area contributed by atoms with Crippen molar-refractivity contribution in [3.8, 4) is 17.2 Å². The number of carbonyl (C=O) groups excluding carboxylic acids is 1. The van der Waals surface area contributed by atoms with Gasteiger partial charge in [-0.15, -0.1) is 10.2 Å². The third-order valence-electron chi connectivity index (χ3n) is 5.99. The molecule has 0 spiro atoms. The third-order valence-corrected chi connectivity index (χ3v) is 6.92. The highest BCUT2D eigenvalue weighted by molar-refractivity contribution is 7.99. The van der Waals surface area contributed by atoms with Crippen molar-refractivity contribution in [2.75, 3.05) is 38.4 Å². The number of likely N-dealkylation sites (tertiary alicyclic amines) is 1. The molecule has 0 bridgehead atoms. The lowest BCUT2D eigenvalue weighted by Crippen LogP contribution is -2.33. The van der Waals surface area contributed by atoms with Crippen molar-refractivity contribution in [3.63, 3.8) is 0 Å². The molecule has 8 nitrogen and oxygen atoms in total. The highest BCUT2D eigenvalue weighted by Crippen LogP contribution is 2.30. The molecule has 1 aromatic heterocycles. The van der Waals surface area contributed by atoms with Gasteiger partial charge in [0.15, 0.2) is 11.0 Å². The Hall–Kier alpha value is -3.04. The van der Waals surface area contributed by atoms with Crippen LogP contribution >= 0.6 is 11.8 Å². The van der Waals surface area contributed by atoms with Crippen LogP contribution in [0, 0.1) is 0 Å². The van der Waals surface area contributed by atoms with Crippen LogP contribution in [-0.2, 0) is 4.79 Å². The van der Waals surface area contributed by atoms with Gasteiger partial charge in [-0.25, -0.2) is 0 Å². The maximum atomic E-state index is 12.6. The highest BCUT2D eigenvalue weighted by Gasteiger charge is 2.26. The quantitative estimate of drug-likeness (QED) is 0.449. The molecule has 1 aliphatic heterocycles. The Morgan fingerprint density at radius 3 is 2.47 bits per heavy atom. The topological polar surface area (TPSA) is 81.5 Å². The fourth-order valence-corrected chi connectivity index (χ4v) is 4.88. The summed E-state index contributed by atoms with van der Waals surface area (Å²) >= 11 is 1.37. The molecule has 1 amide bonds. The number of anilines is 1. The van der Waals surface area contributed by atoms with Gasteiger partial charge < -0.3 is 14.8 Å². The minimum Gasteiger partial charge on any atom is -0.497 e. The summed E-state index contributed by atoms with van der Waals surface area (Å²) in [7, 11) is 3.26. The van der Waals surface area contributed by atoms with E-state index in [-0.39, 0.29) is 17.7 Å². The molecule has 0 saturated carbocycles. The van der Waals surface area contributed by atoms with E-state index in [1.807, 2.05) is 42.5 Å². The minimum atomic E-state index is -0.117. The van der Waals surface area contributed by atoms with Gasteiger partial charge in [-0.05, 0) is 69.3 Å². The second-order valence-corrected chi connectivity index (χ2v) is 9.16. The van der Waals surface area contributed by atoms with Crippen LogP contribution in [0.1, 0.15) is 38.1 Å². The number of hydrogen-bond acceptors (Lipinski definition) is 7. The standard InChI is InChI=1S/C25H31N5O3S/c1-18(29-14-5-4-6-15-29)24-27-28-25(30(24)20-10-12-21(32-2)13-11-20)34-17-23(31)26-19-8-7-9-22(16-19)33-3/h7-13,16,18H,4-6,14-15,17H2,1-3H3,(H,26,31)/t18-/m1/s1. The van der Waals surface area contributed by atoms with Crippen molar-refractivity contribution in [2.45, 2.75) is 37.4 Å². The lowest BCUT2D eigenvalue weighted by molar-refractivity contribution is -0.113. The number of hydrogen-bond donors (Lipinski definition) is 1. The van der Waals surface area contributed by atoms with Crippen molar-refractivity contribution < 1.29 is 14.3 Å². The number of thioether (sulfide) groups is 1. The normalized spacial score (nSPS) is 15.0. The Balaban J connectivity index is 1.54. The van der Waals surface area contributed by atoms with E-state index in [9.17, 15) is 4.79 Å². The Bertz CT molecular complexity index is 1100. The summed E-state index contributed by atoms with van der Waals surface area (Å²) in [5.41, 5.74) is 1.64. The number of amides is 1. The number of nitrogens with zero attached hydrogens (tertiary/aromatic N) is 4. The summed E-state index contributed by atoms with van der Waals surface area (Å²) in [5, 5.41) is 12.6. The lowest BCUT2D eigenvalue weighted by atomic mass is 10.1. The summed E-state index contributed by atoms with van der Waals surface area (Å²) in [6, 6.07) is 15.3. The van der Waals surface area contributed by atoms with Crippen molar-refractivity contribution in [2.24, 2.45) is 0 Å². The minimum absolute atomic E-state index is 0.117. The molecule has 0 radical (unpaired) electrons. The first kappa shape index (κ1) is 24.1. The van der Waals surface area contributed by atoms with Gasteiger partial charge in [0.05, 0.1) is 26.0 Å². The fourth-order valence-electron chi connectivity index (χ4n) is 4.12. The van der Waals surface area contributed by atoms with Crippen molar-refractivity contribution in [1.29, 1.82) is 0 Å². The Labute approximate surface area is 204 Å². The molecular formula is C25H31N5O3S. The van der Waals surface area contributed by atoms with Gasteiger partial charge in [0.1, 0.15) is 11.5 Å². The van der Waals surface area contributed by atoms with Crippen LogP contribution in [0.5, 0.6) is 11.5 Å². The number of piperidine rings is 1. The Kier molecular flexibility index (Phi) is 8.08. The first-order valence-electron chi connectivity index (χ1n) is 11.5. The molecule has 1 fully saturated rings. The molecule has 1 aliphatic rings. The van der Waals surface area contributed by atoms with E-state index in [4.69, 9.17) is 9.47 Å². The second-order valence-electron chi connectivity index (χ2n) is 8.22. The van der Waals surface area contributed by atoms with Crippen LogP contribution in [0.15, 0.2) is 53.7 Å². The predicted octanol–water partition coefficient (Wildman–Crippen LogP) is 4.56. The van der Waals surface area contributed by atoms with E-state index in [1.165, 1.54) is 31.0 Å². The SMILES string of the molecule is COc1ccc(-n2c(SCC(=O)Nc3cccc(OC)c3)nnc2[C@@H](C)N2CCCCC2)cc1. The van der Waals surface area contributed by atoms with Crippen LogP contribution < -0.4 is 14.8 Å². The summed E-state index contributed by atoms with van der Waals surface area (Å²) in [4.78, 5) is 15.1. The zero-order chi connectivity index (χ0) is 23.9. The molecular weight excluding hydrogens is 450 g/mol. The smallest absolute Gasteiger partial charge is 0.234 e. The Morgan fingerprint density at radius 1 is 1.03 bits per heavy atom. The molecule has 3 aromatic rings. The molecule has 1 atom stereocenters. The number of benzene rings is 2. The number of ether oxygens (including phenoxy) is 2. The van der Waals surface area contributed by atoms with Gasteiger partial charge in [0.2, 0.25) is 5.91 Å². The van der Waals surface area contributed by atoms with E-state index >= 15 is 0 Å². The molecule has 0 unspecified atom stereocenters. The van der Waals surface area contributed by atoms with Crippen molar-refractivity contribution >= 4 is 23.4 Å². The van der Waals surface area contributed by atoms with Gasteiger partial charge in [-0.2, -0.15) is 0 Å². The number of nitrogens with one attached hydrogen (secondary N) is 1. The van der Waals surface area contributed by atoms with Crippen LogP contribution in [0.4, 0.5) is 5.69 Å². The van der Waals surface area contributed by atoms with Crippen LogP contribution in [-0.4, -0.2) is 58.6 Å². The number of rotatable bonds is 9. The van der Waals surface area contributed by atoms with Crippen LogP contribution in [0.2, 0.25) is 0 Å². The predicted molar refractivity (Wildman–Crippen MR) is 134 cm³/mol. The average Bonchev–Trinajstić information content (AvgIpc) is 3.31. The molecule has 2 heterocycles. The van der Waals surface area contributed by atoms with Gasteiger partial charge in [-0.3, -0.25) is 14.3 Å². The average molecular weight is 482 g/mol. The van der Waals surface area contributed by atoms with E-state index in [0.717, 1.165) is 30.4 Å². The molecule has 0 aliphatic carbocycles. The molecule has 180 valence electrons. The van der Waals surface area contributed by atoms with Crippen molar-refractivity contribution in [3.05, 3.63) is 54.4 Å². The summed E-state index contributed by atoms with van der Waals surface area (Å²) in [6.07, 6.45) is 3.68. The summed E-state index contributed by atoms with van der Waals surface area (Å²) < 4.78 is 12.6. The molecule has 1 saturated heterocycles. The zero-order valence-electron chi connectivity index (χ0n) is 19.9. The maximum absolute atomic E-state index is 12.6. The first-order chi connectivity index (χ1) is 16.6. The fraction of sp³-hybridized carbons (Fsp3) is 0.400. The summed E-state index contributed by atoms with van der Waals surface area (Å²) in [6.45, 7) is 4.30. The number of methoxy groups -OCH3 is 2. The van der Waals surface area contributed by atoms with Crippen LogP contribution in [0.3, 0.4) is 0 Å². The second kappa shape index (κ2) is 11.4. The highest BCUT2D eigenvalue weighted by atomic mass is 32.2. The molecule has 2 aromatic carbocycles. The van der Waals surface area contributed by atoms with E-state index < -0.39 is 0 Å². The summed E-state index contributed by atoms with van der Waals surface area (Å²) in [5.74, 6) is 2.45. The zero-order valence-corrected chi connectivity index (χ0v) is 20.7. The number of aromatic nitrogens is 3. The van der Waals surface area contributed by atoms with E-state index in [2.05, 4.69) is 31.9 Å². The third kappa shape index (κ3) is 5.71. The maximum Gasteiger partial charge on any atom is 0.234 e. The van der Waals surface area contributed by atoms with Gasteiger partial charge in [-0.1, -0.05) is 24.2 Å². The monoisotopic (exact) mass is 481 g/mol. The van der Waals surface area contributed by atoms with Gasteiger partial charge in [0, 0.05) is 17.4 Å². The van der Waals surface area contributed by atoms with Crippen molar-refractivity contribution in [1.82, 2.24) is 19.7 Å². The first-order valence-corrected chi connectivity index (χ1v) is 12.5. The van der Waals surface area contributed by atoms with E-state index in [1.54, 1.807) is 20.3 Å². The van der Waals surface area contributed by atoms with Gasteiger partial charge in [0.25, 0.3) is 0 Å². The van der Waals surface area contributed by atoms with E-state index in [0.29, 0.717) is 16.6 Å². The van der Waals surface area contributed by atoms with Crippen LogP contribution in [0.25, 0.3) is 5.69 Å². The van der Waals surface area contributed by atoms with Gasteiger partial charge >= 0.3 is 0 Å². The molecule has 1 N–H and O–H groups in total. The molecule has 4 rings (SSSR count). The lowest BCUT2D eigenvalue weighted by Gasteiger charge is -2.31. The molecule has 34 heavy (non-hydrogen) atoms. The Morgan fingerprint density at radius 2 is 1.76 bits per heavy atom. The molecule has 9 heteroatoms. The number of carbonyl (C=O) groups is 1.